The lowest BCUT2D eigenvalue weighted by Crippen LogP contribution is -2.34. The molecule has 0 saturated carbocycles. The number of piperidine rings is 1. The summed E-state index contributed by atoms with van der Waals surface area (Å²) in [6, 6.07) is 0. The summed E-state index contributed by atoms with van der Waals surface area (Å²) >= 11 is 0. The Labute approximate surface area is 107 Å². The van der Waals surface area contributed by atoms with Crippen LogP contribution in [0.25, 0.3) is 0 Å². The van der Waals surface area contributed by atoms with Crippen molar-refractivity contribution in [2.75, 3.05) is 38.1 Å². The van der Waals surface area contributed by atoms with Crippen LogP contribution in [0.3, 0.4) is 0 Å². The highest BCUT2D eigenvalue weighted by Crippen LogP contribution is 2.13. The normalized spacial score (nSPS) is 17.2. The Kier molecular flexibility index (Phi) is 4.27. The molecule has 1 aromatic heterocycles. The molecular weight excluding hydrogens is 230 g/mol. The quantitative estimate of drug-likeness (QED) is 0.660. The molecule has 1 aliphatic heterocycles. The third kappa shape index (κ3) is 3.78. The summed E-state index contributed by atoms with van der Waals surface area (Å²) in [4.78, 5) is 14.2. The molecular formula is C11H21N7. The maximum absolute atomic E-state index is 5.55. The zero-order chi connectivity index (χ0) is 13.0. The van der Waals surface area contributed by atoms with Crippen LogP contribution < -0.4 is 16.8 Å². The molecule has 1 aromatic rings. The number of hydrogen-bond donors (Lipinski definition) is 3. The fraction of sp³-hybridized carbons (Fsp3) is 0.727. The van der Waals surface area contributed by atoms with Crippen molar-refractivity contribution < 1.29 is 0 Å². The maximum Gasteiger partial charge on any atom is 0.225 e. The van der Waals surface area contributed by atoms with E-state index in [0.29, 0.717) is 12.4 Å². The van der Waals surface area contributed by atoms with Crippen molar-refractivity contribution in [2.45, 2.75) is 19.4 Å². The number of nitrogens with zero attached hydrogens (tertiary/aromatic N) is 4. The van der Waals surface area contributed by atoms with Crippen LogP contribution in [0.4, 0.5) is 11.9 Å². The molecule has 0 amide bonds. The van der Waals surface area contributed by atoms with E-state index >= 15 is 0 Å². The van der Waals surface area contributed by atoms with E-state index in [4.69, 9.17) is 11.5 Å². The first kappa shape index (κ1) is 13.0. The minimum Gasteiger partial charge on any atom is -0.368 e. The second kappa shape index (κ2) is 5.92. The number of rotatable bonds is 4. The first-order chi connectivity index (χ1) is 8.63. The van der Waals surface area contributed by atoms with Crippen LogP contribution in [-0.4, -0.2) is 46.5 Å². The van der Waals surface area contributed by atoms with Gasteiger partial charge in [-0.05, 0) is 38.9 Å². The number of anilines is 2. The van der Waals surface area contributed by atoms with Crippen LogP contribution in [0.15, 0.2) is 0 Å². The van der Waals surface area contributed by atoms with Gasteiger partial charge < -0.3 is 16.8 Å². The third-order valence-corrected chi connectivity index (χ3v) is 3.16. The highest BCUT2D eigenvalue weighted by Gasteiger charge is 2.15. The molecule has 0 bridgehead atoms. The molecule has 0 atom stereocenters. The second-order valence-electron chi connectivity index (χ2n) is 4.86. The summed E-state index contributed by atoms with van der Waals surface area (Å²) in [7, 11) is 2.07. The van der Waals surface area contributed by atoms with Crippen molar-refractivity contribution in [3.63, 3.8) is 0 Å². The van der Waals surface area contributed by atoms with Gasteiger partial charge in [0.1, 0.15) is 5.82 Å². The molecule has 1 aliphatic rings. The minimum atomic E-state index is 0.188. The largest absolute Gasteiger partial charge is 0.368 e. The molecule has 1 saturated heterocycles. The van der Waals surface area contributed by atoms with Crippen molar-refractivity contribution in [3.8, 4) is 0 Å². The van der Waals surface area contributed by atoms with Gasteiger partial charge >= 0.3 is 0 Å². The van der Waals surface area contributed by atoms with Gasteiger partial charge in [-0.15, -0.1) is 0 Å². The Bertz CT molecular complexity index is 369. The average Bonchev–Trinajstić information content (AvgIpc) is 2.28. The average molecular weight is 251 g/mol. The number of aromatic nitrogens is 3. The molecule has 100 valence electrons. The van der Waals surface area contributed by atoms with Gasteiger partial charge in [0.15, 0.2) is 0 Å². The van der Waals surface area contributed by atoms with Gasteiger partial charge in [-0.2, -0.15) is 15.0 Å². The lowest BCUT2D eigenvalue weighted by atomic mass is 9.98. The first-order valence-corrected chi connectivity index (χ1v) is 6.28. The van der Waals surface area contributed by atoms with Crippen molar-refractivity contribution in [3.05, 3.63) is 5.82 Å². The second-order valence-corrected chi connectivity index (χ2v) is 4.86. The van der Waals surface area contributed by atoms with Gasteiger partial charge in [0, 0.05) is 6.54 Å². The van der Waals surface area contributed by atoms with Gasteiger partial charge in [-0.3, -0.25) is 4.90 Å². The lowest BCUT2D eigenvalue weighted by molar-refractivity contribution is 0.230. The van der Waals surface area contributed by atoms with E-state index in [1.165, 1.54) is 12.8 Å². The van der Waals surface area contributed by atoms with E-state index in [0.717, 1.165) is 25.6 Å². The molecule has 0 aromatic carbocycles. The van der Waals surface area contributed by atoms with Crippen molar-refractivity contribution in [2.24, 2.45) is 5.92 Å². The summed E-state index contributed by atoms with van der Waals surface area (Å²) in [5.74, 6) is 1.75. The van der Waals surface area contributed by atoms with E-state index < -0.39 is 0 Å². The van der Waals surface area contributed by atoms with E-state index in [1.807, 2.05) is 0 Å². The zero-order valence-electron chi connectivity index (χ0n) is 10.8. The molecule has 5 N–H and O–H groups in total. The van der Waals surface area contributed by atoms with E-state index in [9.17, 15) is 0 Å². The predicted molar refractivity (Wildman–Crippen MR) is 70.6 cm³/mol. The lowest BCUT2D eigenvalue weighted by Gasteiger charge is -2.27. The molecule has 0 radical (unpaired) electrons. The summed E-state index contributed by atoms with van der Waals surface area (Å²) in [6.07, 6.45) is 2.46. The predicted octanol–water partition coefficient (Wildman–Crippen LogP) is -0.533. The first-order valence-electron chi connectivity index (χ1n) is 6.28. The summed E-state index contributed by atoms with van der Waals surface area (Å²) in [5.41, 5.74) is 11.1. The van der Waals surface area contributed by atoms with Gasteiger partial charge in [0.2, 0.25) is 11.9 Å². The topological polar surface area (TPSA) is 106 Å². The van der Waals surface area contributed by atoms with E-state index in [1.54, 1.807) is 0 Å². The van der Waals surface area contributed by atoms with Crippen LogP contribution in [0, 0.1) is 5.92 Å². The molecule has 2 rings (SSSR count). The van der Waals surface area contributed by atoms with Crippen molar-refractivity contribution in [1.82, 2.24) is 25.2 Å². The Hall–Kier alpha value is -1.47. The SMILES string of the molecule is CN(Cc1nc(N)nc(N)n1)CC1CCNCC1. The smallest absolute Gasteiger partial charge is 0.225 e. The molecule has 1 fully saturated rings. The fourth-order valence-electron chi connectivity index (χ4n) is 2.34. The molecule has 0 aliphatic carbocycles. The highest BCUT2D eigenvalue weighted by atomic mass is 15.2. The Balaban J connectivity index is 1.87. The van der Waals surface area contributed by atoms with Crippen LogP contribution in [0.5, 0.6) is 0 Å². The standard InChI is InChI=1S/C11H21N7/c1-18(6-8-2-4-14-5-3-8)7-9-15-10(12)17-11(13)16-9/h8,14H,2-7H2,1H3,(H4,12,13,15,16,17). The number of nitrogen functional groups attached to an aromatic ring is 2. The molecule has 18 heavy (non-hydrogen) atoms. The number of hydrogen-bond acceptors (Lipinski definition) is 7. The summed E-state index contributed by atoms with van der Waals surface area (Å²) in [6.45, 7) is 3.93. The van der Waals surface area contributed by atoms with Crippen molar-refractivity contribution in [1.29, 1.82) is 0 Å². The Morgan fingerprint density at radius 1 is 1.17 bits per heavy atom. The van der Waals surface area contributed by atoms with E-state index in [2.05, 4.69) is 32.2 Å². The summed E-state index contributed by atoms with van der Waals surface area (Å²) in [5, 5.41) is 3.37. The zero-order valence-corrected chi connectivity index (χ0v) is 10.8. The van der Waals surface area contributed by atoms with Crippen molar-refractivity contribution >= 4 is 11.9 Å². The van der Waals surface area contributed by atoms with Gasteiger partial charge in [0.05, 0.1) is 6.54 Å². The molecule has 0 unspecified atom stereocenters. The molecule has 2 heterocycles. The van der Waals surface area contributed by atoms with Crippen LogP contribution in [0.2, 0.25) is 0 Å². The van der Waals surface area contributed by atoms with Gasteiger partial charge in [0.25, 0.3) is 0 Å². The fourth-order valence-corrected chi connectivity index (χ4v) is 2.34. The molecule has 0 spiro atoms. The third-order valence-electron chi connectivity index (χ3n) is 3.16. The summed E-state index contributed by atoms with van der Waals surface area (Å²) < 4.78 is 0. The van der Waals surface area contributed by atoms with Crippen LogP contribution in [-0.2, 0) is 6.54 Å². The van der Waals surface area contributed by atoms with Gasteiger partial charge in [-0.1, -0.05) is 0 Å². The maximum atomic E-state index is 5.55. The number of nitrogens with two attached hydrogens (primary N) is 2. The van der Waals surface area contributed by atoms with Gasteiger partial charge in [-0.25, -0.2) is 0 Å². The van der Waals surface area contributed by atoms with E-state index in [-0.39, 0.29) is 11.9 Å². The minimum absolute atomic E-state index is 0.188. The van der Waals surface area contributed by atoms with Crippen LogP contribution in [0.1, 0.15) is 18.7 Å². The van der Waals surface area contributed by atoms with Crippen LogP contribution >= 0.6 is 0 Å². The molecule has 7 nitrogen and oxygen atoms in total. The highest BCUT2D eigenvalue weighted by molar-refractivity contribution is 5.25. The monoisotopic (exact) mass is 251 g/mol. The Morgan fingerprint density at radius 2 is 1.78 bits per heavy atom. The Morgan fingerprint density at radius 3 is 2.39 bits per heavy atom. The number of nitrogens with one attached hydrogen (secondary N) is 1. The molecule has 7 heteroatoms.